The molecule has 1 aliphatic heterocycles. The molecule has 0 aliphatic carbocycles. The Morgan fingerprint density at radius 2 is 1.96 bits per heavy atom. The molecule has 0 bridgehead atoms. The maximum absolute atomic E-state index is 13.2. The third-order valence-corrected chi connectivity index (χ3v) is 4.86. The molecule has 28 heavy (non-hydrogen) atoms. The second-order valence-electron chi connectivity index (χ2n) is 7.19. The number of halogens is 4. The lowest BCUT2D eigenvalue weighted by atomic mass is 9.93. The van der Waals surface area contributed by atoms with Crippen molar-refractivity contribution in [3.63, 3.8) is 0 Å². The van der Waals surface area contributed by atoms with Crippen molar-refractivity contribution in [3.8, 4) is 0 Å². The number of likely N-dealkylation sites (tertiary alicyclic amines) is 1. The first-order valence-corrected chi connectivity index (χ1v) is 9.91. The number of nitrogens with one attached hydrogen (secondary N) is 2. The fourth-order valence-electron chi connectivity index (χ4n) is 3.41. The van der Waals surface area contributed by atoms with Crippen LogP contribution in [0.5, 0.6) is 0 Å². The van der Waals surface area contributed by atoms with Crippen LogP contribution < -0.4 is 10.6 Å². The molecule has 0 spiro atoms. The Hall–Kier alpha value is -1.83. The van der Waals surface area contributed by atoms with Gasteiger partial charge >= 0.3 is 6.18 Å². The zero-order chi connectivity index (χ0) is 20.4. The molecule has 1 aliphatic rings. The van der Waals surface area contributed by atoms with Crippen molar-refractivity contribution in [3.05, 3.63) is 35.6 Å². The van der Waals surface area contributed by atoms with Gasteiger partial charge < -0.3 is 10.6 Å². The number of piperidine rings is 1. The van der Waals surface area contributed by atoms with Crippen LogP contribution in [0.25, 0.3) is 0 Å². The predicted molar refractivity (Wildman–Crippen MR) is 104 cm³/mol. The fourth-order valence-corrected chi connectivity index (χ4v) is 3.41. The molecule has 2 N–H and O–H groups in total. The molecule has 0 atom stereocenters. The molecule has 4 nitrogen and oxygen atoms in total. The van der Waals surface area contributed by atoms with Crippen LogP contribution in [0.3, 0.4) is 0 Å². The van der Waals surface area contributed by atoms with Crippen molar-refractivity contribution in [2.45, 2.75) is 38.8 Å². The molecule has 1 saturated heterocycles. The van der Waals surface area contributed by atoms with Gasteiger partial charge in [0.05, 0.1) is 6.54 Å². The lowest BCUT2D eigenvalue weighted by molar-refractivity contribution is -0.148. The third kappa shape index (κ3) is 8.91. The van der Waals surface area contributed by atoms with Crippen LogP contribution >= 0.6 is 0 Å². The van der Waals surface area contributed by atoms with E-state index < -0.39 is 12.7 Å². The summed E-state index contributed by atoms with van der Waals surface area (Å²) in [5.74, 6) is 0.899. The van der Waals surface area contributed by atoms with Gasteiger partial charge in [-0.25, -0.2) is 4.39 Å². The number of guanidine groups is 1. The number of hydrogen-bond acceptors (Lipinski definition) is 2. The molecule has 8 heteroatoms. The fraction of sp³-hybridized carbons (Fsp3) is 0.650. The Morgan fingerprint density at radius 1 is 1.21 bits per heavy atom. The minimum absolute atomic E-state index is 0.237. The van der Waals surface area contributed by atoms with Gasteiger partial charge in [0.2, 0.25) is 0 Å². The molecule has 1 aromatic carbocycles. The molecule has 0 saturated carbocycles. The van der Waals surface area contributed by atoms with E-state index >= 15 is 0 Å². The highest BCUT2D eigenvalue weighted by atomic mass is 19.4. The number of aliphatic imine (C=N–C) groups is 1. The first-order chi connectivity index (χ1) is 13.4. The van der Waals surface area contributed by atoms with Crippen molar-refractivity contribution < 1.29 is 17.6 Å². The van der Waals surface area contributed by atoms with Gasteiger partial charge in [-0.1, -0.05) is 12.1 Å². The van der Waals surface area contributed by atoms with Crippen molar-refractivity contribution in [1.29, 1.82) is 0 Å². The normalized spacial score (nSPS) is 17.0. The van der Waals surface area contributed by atoms with Crippen LogP contribution in [0.4, 0.5) is 17.6 Å². The van der Waals surface area contributed by atoms with Gasteiger partial charge in [0, 0.05) is 19.6 Å². The Kier molecular flexibility index (Phi) is 9.02. The van der Waals surface area contributed by atoms with Crippen LogP contribution in [0.1, 0.15) is 31.7 Å². The van der Waals surface area contributed by atoms with E-state index in [9.17, 15) is 17.6 Å². The number of alkyl halides is 3. The number of nitrogens with zero attached hydrogens (tertiary/aromatic N) is 2. The van der Waals surface area contributed by atoms with E-state index in [1.165, 1.54) is 17.0 Å². The van der Waals surface area contributed by atoms with Crippen LogP contribution in [-0.2, 0) is 6.42 Å². The zero-order valence-electron chi connectivity index (χ0n) is 16.4. The minimum atomic E-state index is -4.12. The summed E-state index contributed by atoms with van der Waals surface area (Å²) in [7, 11) is 0. The van der Waals surface area contributed by atoms with E-state index in [4.69, 9.17) is 0 Å². The minimum Gasteiger partial charge on any atom is -0.357 e. The van der Waals surface area contributed by atoms with Gasteiger partial charge in [-0.3, -0.25) is 9.89 Å². The predicted octanol–water partition coefficient (Wildman–Crippen LogP) is 3.59. The monoisotopic (exact) mass is 402 g/mol. The second-order valence-corrected chi connectivity index (χ2v) is 7.19. The first kappa shape index (κ1) is 22.5. The third-order valence-electron chi connectivity index (χ3n) is 4.86. The largest absolute Gasteiger partial charge is 0.401 e. The molecule has 2 rings (SSSR count). The first-order valence-electron chi connectivity index (χ1n) is 9.91. The maximum atomic E-state index is 13.2. The average molecular weight is 402 g/mol. The van der Waals surface area contributed by atoms with Gasteiger partial charge in [-0.15, -0.1) is 0 Å². The van der Waals surface area contributed by atoms with E-state index in [1.807, 2.05) is 13.0 Å². The number of rotatable bonds is 8. The average Bonchev–Trinajstić information content (AvgIpc) is 2.62. The SMILES string of the molecule is CCNC(=NCCC1CCN(CC(F)(F)F)CC1)NCCc1cccc(F)c1. The van der Waals surface area contributed by atoms with E-state index in [0.29, 0.717) is 44.5 Å². The summed E-state index contributed by atoms with van der Waals surface area (Å²) < 4.78 is 50.5. The maximum Gasteiger partial charge on any atom is 0.401 e. The van der Waals surface area contributed by atoms with Crippen molar-refractivity contribution in [2.24, 2.45) is 10.9 Å². The molecular formula is C20H30F4N4. The molecular weight excluding hydrogens is 372 g/mol. The second kappa shape index (κ2) is 11.2. The van der Waals surface area contributed by atoms with E-state index in [1.54, 1.807) is 6.07 Å². The lowest BCUT2D eigenvalue weighted by Gasteiger charge is -2.32. The Balaban J connectivity index is 1.69. The van der Waals surface area contributed by atoms with Crippen LogP contribution in [0.15, 0.2) is 29.3 Å². The molecule has 0 amide bonds. The number of benzene rings is 1. The molecule has 0 aromatic heterocycles. The lowest BCUT2D eigenvalue weighted by Crippen LogP contribution is -2.40. The highest BCUT2D eigenvalue weighted by molar-refractivity contribution is 5.79. The Bertz CT molecular complexity index is 610. The summed E-state index contributed by atoms with van der Waals surface area (Å²) in [5.41, 5.74) is 0.925. The molecule has 158 valence electrons. The molecule has 1 aromatic rings. The summed E-state index contributed by atoms with van der Waals surface area (Å²) in [6.07, 6.45) is -0.973. The van der Waals surface area contributed by atoms with Crippen molar-refractivity contribution in [1.82, 2.24) is 15.5 Å². The standard InChI is InChI=1S/C20H30F4N4/c1-2-25-19(27-11-7-17-4-3-5-18(21)14-17)26-10-6-16-8-12-28(13-9-16)15-20(22,23)24/h3-5,14,16H,2,6-13,15H2,1H3,(H2,25,26,27). The van der Waals surface area contributed by atoms with E-state index in [2.05, 4.69) is 15.6 Å². The topological polar surface area (TPSA) is 39.7 Å². The Morgan fingerprint density at radius 3 is 2.61 bits per heavy atom. The van der Waals surface area contributed by atoms with Crippen LogP contribution in [0, 0.1) is 11.7 Å². The number of hydrogen-bond donors (Lipinski definition) is 2. The molecule has 1 fully saturated rings. The Labute approximate surface area is 164 Å². The summed E-state index contributed by atoms with van der Waals surface area (Å²) in [4.78, 5) is 6.05. The summed E-state index contributed by atoms with van der Waals surface area (Å²) >= 11 is 0. The van der Waals surface area contributed by atoms with E-state index in [0.717, 1.165) is 31.4 Å². The highest BCUT2D eigenvalue weighted by Gasteiger charge is 2.32. The van der Waals surface area contributed by atoms with Crippen molar-refractivity contribution in [2.75, 3.05) is 39.3 Å². The van der Waals surface area contributed by atoms with Gasteiger partial charge in [0.15, 0.2) is 5.96 Å². The quantitative estimate of drug-likeness (QED) is 0.397. The summed E-state index contributed by atoms with van der Waals surface area (Å²) in [6.45, 7) is 4.20. The van der Waals surface area contributed by atoms with Gasteiger partial charge in [0.1, 0.15) is 5.82 Å². The molecule has 1 heterocycles. The summed E-state index contributed by atoms with van der Waals surface area (Å²) in [5, 5.41) is 6.42. The molecule has 0 radical (unpaired) electrons. The van der Waals surface area contributed by atoms with Gasteiger partial charge in [-0.05, 0) is 69.3 Å². The smallest absolute Gasteiger partial charge is 0.357 e. The molecule has 0 unspecified atom stereocenters. The zero-order valence-corrected chi connectivity index (χ0v) is 16.4. The highest BCUT2D eigenvalue weighted by Crippen LogP contribution is 2.24. The van der Waals surface area contributed by atoms with Gasteiger partial charge in [-0.2, -0.15) is 13.2 Å². The summed E-state index contributed by atoms with van der Waals surface area (Å²) in [6, 6.07) is 6.54. The van der Waals surface area contributed by atoms with Crippen molar-refractivity contribution >= 4 is 5.96 Å². The van der Waals surface area contributed by atoms with Gasteiger partial charge in [0.25, 0.3) is 0 Å². The van der Waals surface area contributed by atoms with Crippen LogP contribution in [-0.4, -0.2) is 56.3 Å². The van der Waals surface area contributed by atoms with E-state index in [-0.39, 0.29) is 5.82 Å². The van der Waals surface area contributed by atoms with Crippen LogP contribution in [0.2, 0.25) is 0 Å².